The van der Waals surface area contributed by atoms with Crippen molar-refractivity contribution in [2.45, 2.75) is 20.4 Å². The van der Waals surface area contributed by atoms with E-state index in [1.807, 2.05) is 44.2 Å². The molecule has 2 aromatic heterocycles. The van der Waals surface area contributed by atoms with Crippen LogP contribution in [0.5, 0.6) is 0 Å². The zero-order chi connectivity index (χ0) is 17.6. The van der Waals surface area contributed by atoms with Gasteiger partial charge in [-0.1, -0.05) is 18.2 Å². The molecule has 0 spiro atoms. The third kappa shape index (κ3) is 4.20. The van der Waals surface area contributed by atoms with Crippen molar-refractivity contribution in [2.75, 3.05) is 5.32 Å². The van der Waals surface area contributed by atoms with Crippen LogP contribution in [0.1, 0.15) is 27.0 Å². The zero-order valence-electron chi connectivity index (χ0n) is 14.3. The summed E-state index contributed by atoms with van der Waals surface area (Å²) in [4.78, 5) is 20.5. The fourth-order valence-corrected chi connectivity index (χ4v) is 2.57. The average Bonchev–Trinajstić information content (AvgIpc) is 2.64. The third-order valence-electron chi connectivity index (χ3n) is 3.95. The Morgan fingerprint density at radius 2 is 1.72 bits per heavy atom. The first-order valence-electron chi connectivity index (χ1n) is 8.09. The fourth-order valence-electron chi connectivity index (χ4n) is 2.57. The number of anilines is 2. The summed E-state index contributed by atoms with van der Waals surface area (Å²) in [5, 5.41) is 6.25. The summed E-state index contributed by atoms with van der Waals surface area (Å²) in [5.41, 5.74) is 5.64. The number of pyridine rings is 2. The van der Waals surface area contributed by atoms with E-state index in [0.717, 1.165) is 28.1 Å². The molecule has 126 valence electrons. The second-order valence-electron chi connectivity index (χ2n) is 5.89. The largest absolute Gasteiger partial charge is 0.354 e. The lowest BCUT2D eigenvalue weighted by molar-refractivity contribution is 0.0950. The molecule has 3 aromatic rings. The van der Waals surface area contributed by atoms with Gasteiger partial charge in [0, 0.05) is 30.8 Å². The van der Waals surface area contributed by atoms with Crippen molar-refractivity contribution in [3.63, 3.8) is 0 Å². The predicted molar refractivity (Wildman–Crippen MR) is 98.8 cm³/mol. The molecule has 0 aliphatic carbocycles. The number of rotatable bonds is 5. The molecule has 1 amide bonds. The van der Waals surface area contributed by atoms with Gasteiger partial charge in [-0.15, -0.1) is 0 Å². The number of amides is 1. The maximum Gasteiger partial charge on any atom is 0.253 e. The maximum absolute atomic E-state index is 12.4. The van der Waals surface area contributed by atoms with Crippen LogP contribution in [0.15, 0.2) is 61.2 Å². The first-order valence-corrected chi connectivity index (χ1v) is 8.09. The number of benzene rings is 1. The molecule has 2 heterocycles. The molecule has 0 unspecified atom stereocenters. The van der Waals surface area contributed by atoms with Crippen molar-refractivity contribution >= 4 is 17.3 Å². The summed E-state index contributed by atoms with van der Waals surface area (Å²) in [6.45, 7) is 4.55. The van der Waals surface area contributed by atoms with Crippen LogP contribution >= 0.6 is 0 Å². The van der Waals surface area contributed by atoms with Gasteiger partial charge in [-0.05, 0) is 48.7 Å². The number of aromatic nitrogens is 2. The number of carbonyl (C=O) groups is 1. The highest BCUT2D eigenvalue weighted by atomic mass is 16.1. The Morgan fingerprint density at radius 3 is 2.44 bits per heavy atom. The first kappa shape index (κ1) is 16.6. The predicted octanol–water partition coefficient (Wildman–Crippen LogP) is 3.77. The van der Waals surface area contributed by atoms with Gasteiger partial charge in [0.1, 0.15) is 0 Å². The fraction of sp³-hybridized carbons (Fsp3) is 0.150. The molecule has 1 aromatic carbocycles. The molecular formula is C20H20N4O. The Kier molecular flexibility index (Phi) is 5.04. The Morgan fingerprint density at radius 1 is 1.00 bits per heavy atom. The van der Waals surface area contributed by atoms with E-state index in [-0.39, 0.29) is 5.91 Å². The summed E-state index contributed by atoms with van der Waals surface area (Å²) in [6, 6.07) is 11.7. The molecular weight excluding hydrogens is 312 g/mol. The highest BCUT2D eigenvalue weighted by Crippen LogP contribution is 2.24. The SMILES string of the molecule is Cc1cccc(C)c1Nc1cncc(C(=O)NCc2ccncc2)c1. The quantitative estimate of drug-likeness (QED) is 0.746. The molecule has 0 fully saturated rings. The Labute approximate surface area is 147 Å². The highest BCUT2D eigenvalue weighted by molar-refractivity contribution is 5.94. The van der Waals surface area contributed by atoms with Gasteiger partial charge in [-0.2, -0.15) is 0 Å². The molecule has 5 nitrogen and oxygen atoms in total. The highest BCUT2D eigenvalue weighted by Gasteiger charge is 2.08. The minimum Gasteiger partial charge on any atom is -0.354 e. The number of hydrogen-bond acceptors (Lipinski definition) is 4. The number of carbonyl (C=O) groups excluding carboxylic acids is 1. The zero-order valence-corrected chi connectivity index (χ0v) is 14.3. The third-order valence-corrected chi connectivity index (χ3v) is 3.95. The molecule has 5 heteroatoms. The summed E-state index contributed by atoms with van der Waals surface area (Å²) >= 11 is 0. The van der Waals surface area contributed by atoms with Crippen LogP contribution in [0.2, 0.25) is 0 Å². The van der Waals surface area contributed by atoms with Gasteiger partial charge in [-0.25, -0.2) is 0 Å². The monoisotopic (exact) mass is 332 g/mol. The molecule has 0 aliphatic rings. The Bertz CT molecular complexity index is 858. The molecule has 0 aliphatic heterocycles. The number of hydrogen-bond donors (Lipinski definition) is 2. The Hall–Kier alpha value is -3.21. The van der Waals surface area contributed by atoms with Gasteiger partial charge in [0.25, 0.3) is 5.91 Å². The summed E-state index contributed by atoms with van der Waals surface area (Å²) in [5.74, 6) is -0.158. The molecule has 0 bridgehead atoms. The van der Waals surface area contributed by atoms with Gasteiger partial charge in [0.2, 0.25) is 0 Å². The van der Waals surface area contributed by atoms with E-state index in [2.05, 4.69) is 20.6 Å². The van der Waals surface area contributed by atoms with Crippen LogP contribution in [-0.2, 0) is 6.54 Å². The van der Waals surface area contributed by atoms with E-state index < -0.39 is 0 Å². The molecule has 0 saturated heterocycles. The van der Waals surface area contributed by atoms with Gasteiger partial charge in [0.05, 0.1) is 17.4 Å². The van der Waals surface area contributed by atoms with Crippen molar-refractivity contribution in [3.05, 3.63) is 83.4 Å². The van der Waals surface area contributed by atoms with Crippen molar-refractivity contribution in [1.82, 2.24) is 15.3 Å². The lowest BCUT2D eigenvalue weighted by Crippen LogP contribution is -2.23. The Balaban J connectivity index is 1.72. The van der Waals surface area contributed by atoms with E-state index in [4.69, 9.17) is 0 Å². The van der Waals surface area contributed by atoms with Crippen LogP contribution in [0.4, 0.5) is 11.4 Å². The van der Waals surface area contributed by atoms with Crippen molar-refractivity contribution in [1.29, 1.82) is 0 Å². The van der Waals surface area contributed by atoms with Crippen molar-refractivity contribution in [3.8, 4) is 0 Å². The molecule has 2 N–H and O–H groups in total. The van der Waals surface area contributed by atoms with E-state index in [9.17, 15) is 4.79 Å². The van der Waals surface area contributed by atoms with Crippen LogP contribution < -0.4 is 10.6 Å². The van der Waals surface area contributed by atoms with Gasteiger partial charge in [-0.3, -0.25) is 14.8 Å². The topological polar surface area (TPSA) is 66.9 Å². The van der Waals surface area contributed by atoms with Gasteiger partial charge >= 0.3 is 0 Å². The molecule has 3 rings (SSSR count). The van der Waals surface area contributed by atoms with E-state index in [1.165, 1.54) is 0 Å². The van der Waals surface area contributed by atoms with E-state index >= 15 is 0 Å². The normalized spacial score (nSPS) is 10.3. The second-order valence-corrected chi connectivity index (χ2v) is 5.89. The lowest BCUT2D eigenvalue weighted by atomic mass is 10.1. The maximum atomic E-state index is 12.4. The smallest absolute Gasteiger partial charge is 0.253 e. The molecule has 0 saturated carbocycles. The average molecular weight is 332 g/mol. The van der Waals surface area contributed by atoms with E-state index in [1.54, 1.807) is 30.9 Å². The first-order chi connectivity index (χ1) is 12.1. The van der Waals surface area contributed by atoms with Crippen molar-refractivity contribution < 1.29 is 4.79 Å². The number of nitrogens with zero attached hydrogens (tertiary/aromatic N) is 2. The van der Waals surface area contributed by atoms with Gasteiger partial charge < -0.3 is 10.6 Å². The standard InChI is InChI=1S/C20H20N4O/c1-14-4-3-5-15(2)19(14)24-18-10-17(12-22-13-18)20(25)23-11-16-6-8-21-9-7-16/h3-10,12-13,24H,11H2,1-2H3,(H,23,25). The molecule has 0 atom stereocenters. The molecule has 0 radical (unpaired) electrons. The van der Waals surface area contributed by atoms with Crippen LogP contribution in [0.3, 0.4) is 0 Å². The summed E-state index contributed by atoms with van der Waals surface area (Å²) in [6.07, 6.45) is 6.69. The van der Waals surface area contributed by atoms with Crippen LogP contribution in [-0.4, -0.2) is 15.9 Å². The van der Waals surface area contributed by atoms with Gasteiger partial charge in [0.15, 0.2) is 0 Å². The van der Waals surface area contributed by atoms with Crippen LogP contribution in [0, 0.1) is 13.8 Å². The van der Waals surface area contributed by atoms with Crippen molar-refractivity contribution in [2.24, 2.45) is 0 Å². The minimum atomic E-state index is -0.158. The minimum absolute atomic E-state index is 0.158. The molecule has 25 heavy (non-hydrogen) atoms. The number of para-hydroxylation sites is 1. The number of aryl methyl sites for hydroxylation is 2. The van der Waals surface area contributed by atoms with Crippen LogP contribution in [0.25, 0.3) is 0 Å². The lowest BCUT2D eigenvalue weighted by Gasteiger charge is -2.13. The second kappa shape index (κ2) is 7.57. The van der Waals surface area contributed by atoms with E-state index in [0.29, 0.717) is 12.1 Å². The summed E-state index contributed by atoms with van der Waals surface area (Å²) < 4.78 is 0. The number of nitrogens with one attached hydrogen (secondary N) is 2. The summed E-state index contributed by atoms with van der Waals surface area (Å²) in [7, 11) is 0.